The highest BCUT2D eigenvalue weighted by Crippen LogP contribution is 2.28. The van der Waals surface area contributed by atoms with E-state index in [4.69, 9.17) is 16.3 Å². The number of carbonyl (C=O) groups is 2. The molecule has 0 saturated heterocycles. The molecule has 0 heterocycles. The van der Waals surface area contributed by atoms with Crippen molar-refractivity contribution in [1.82, 2.24) is 10.2 Å². The van der Waals surface area contributed by atoms with E-state index in [9.17, 15) is 18.0 Å². The van der Waals surface area contributed by atoms with Crippen LogP contribution in [0.15, 0.2) is 77.7 Å². The summed E-state index contributed by atoms with van der Waals surface area (Å²) in [5.74, 6) is -0.133. The zero-order chi connectivity index (χ0) is 29.4. The fraction of sp³-hybridized carbons (Fsp3) is 0.333. The summed E-state index contributed by atoms with van der Waals surface area (Å²) in [5, 5.41) is 3.19. The monoisotopic (exact) mass is 585 g/mol. The van der Waals surface area contributed by atoms with Crippen LogP contribution in [0.4, 0.5) is 5.69 Å². The van der Waals surface area contributed by atoms with Gasteiger partial charge in [-0.25, -0.2) is 8.42 Å². The number of hydrogen-bond acceptors (Lipinski definition) is 5. The summed E-state index contributed by atoms with van der Waals surface area (Å²) in [4.78, 5) is 28.4. The Hall–Kier alpha value is -3.56. The van der Waals surface area contributed by atoms with Gasteiger partial charge in [-0.3, -0.25) is 13.9 Å². The van der Waals surface area contributed by atoms with Crippen LogP contribution in [-0.2, 0) is 26.2 Å². The zero-order valence-electron chi connectivity index (χ0n) is 23.4. The lowest BCUT2D eigenvalue weighted by Gasteiger charge is -2.32. The standard InChI is InChI=1S/C30H36ClN3O5S/c1-21(2)18-32-30(36)23(4)33(19-24-11-9-22(3)10-12-24)29(35)20-34(26-8-6-7-25(31)17-26)40(37,38)28-15-13-27(39-5)14-16-28/h6-17,21,23H,18-20H2,1-5H3,(H,32,36)/t23-/m1/s1. The summed E-state index contributed by atoms with van der Waals surface area (Å²) in [7, 11) is -2.71. The number of aryl methyl sites for hydroxylation is 1. The molecule has 0 radical (unpaired) electrons. The number of anilines is 1. The largest absolute Gasteiger partial charge is 0.497 e. The first-order valence-electron chi connectivity index (χ1n) is 13.0. The third-order valence-electron chi connectivity index (χ3n) is 6.35. The van der Waals surface area contributed by atoms with Gasteiger partial charge >= 0.3 is 0 Å². The first kappa shape index (κ1) is 31.0. The third kappa shape index (κ3) is 7.99. The molecule has 2 amide bonds. The Bertz CT molecular complexity index is 1410. The number of nitrogens with zero attached hydrogens (tertiary/aromatic N) is 2. The SMILES string of the molecule is COc1ccc(S(=O)(=O)N(CC(=O)N(Cc2ccc(C)cc2)[C@H](C)C(=O)NCC(C)C)c2cccc(Cl)c2)cc1. The Kier molecular flexibility index (Phi) is 10.6. The predicted octanol–water partition coefficient (Wildman–Crippen LogP) is 5.04. The number of halogens is 1. The number of methoxy groups -OCH3 is 1. The molecule has 0 bridgehead atoms. The quantitative estimate of drug-likeness (QED) is 0.321. The van der Waals surface area contributed by atoms with Crippen molar-refractivity contribution in [2.75, 3.05) is 24.5 Å². The molecule has 3 rings (SSSR count). The Balaban J connectivity index is 2.01. The molecular formula is C30H36ClN3O5S. The molecule has 0 saturated carbocycles. The Morgan fingerprint density at radius 3 is 2.20 bits per heavy atom. The lowest BCUT2D eigenvalue weighted by atomic mass is 10.1. The maximum atomic E-state index is 13.9. The third-order valence-corrected chi connectivity index (χ3v) is 8.37. The van der Waals surface area contributed by atoms with Crippen molar-refractivity contribution in [3.8, 4) is 5.75 Å². The van der Waals surface area contributed by atoms with Crippen molar-refractivity contribution in [2.45, 2.75) is 45.2 Å². The highest BCUT2D eigenvalue weighted by molar-refractivity contribution is 7.92. The molecule has 1 N–H and O–H groups in total. The van der Waals surface area contributed by atoms with Gasteiger partial charge in [0.15, 0.2) is 0 Å². The van der Waals surface area contributed by atoms with Gasteiger partial charge in [-0.15, -0.1) is 0 Å². The zero-order valence-corrected chi connectivity index (χ0v) is 25.0. The van der Waals surface area contributed by atoms with Gasteiger partial charge in [0.05, 0.1) is 17.7 Å². The summed E-state index contributed by atoms with van der Waals surface area (Å²) >= 11 is 6.21. The number of benzene rings is 3. The maximum Gasteiger partial charge on any atom is 0.264 e. The molecule has 0 aliphatic rings. The molecule has 1 atom stereocenters. The smallest absolute Gasteiger partial charge is 0.264 e. The second kappa shape index (κ2) is 13.7. The Morgan fingerprint density at radius 2 is 1.62 bits per heavy atom. The van der Waals surface area contributed by atoms with Gasteiger partial charge in [-0.2, -0.15) is 0 Å². The van der Waals surface area contributed by atoms with Gasteiger partial charge in [0, 0.05) is 18.1 Å². The van der Waals surface area contributed by atoms with E-state index in [1.807, 2.05) is 45.0 Å². The minimum atomic E-state index is -4.20. The van der Waals surface area contributed by atoms with Crippen LogP contribution in [0.5, 0.6) is 5.75 Å². The molecule has 10 heteroatoms. The average molecular weight is 586 g/mol. The molecule has 3 aromatic carbocycles. The molecule has 0 aromatic heterocycles. The Morgan fingerprint density at radius 1 is 0.975 bits per heavy atom. The summed E-state index contributed by atoms with van der Waals surface area (Å²) in [6.45, 7) is 7.60. The van der Waals surface area contributed by atoms with Crippen molar-refractivity contribution < 1.29 is 22.7 Å². The van der Waals surface area contributed by atoms with Crippen LogP contribution in [0.3, 0.4) is 0 Å². The van der Waals surface area contributed by atoms with Crippen LogP contribution < -0.4 is 14.4 Å². The first-order chi connectivity index (χ1) is 18.9. The Labute approximate surface area is 241 Å². The normalized spacial score (nSPS) is 12.1. The lowest BCUT2D eigenvalue weighted by Crippen LogP contribution is -2.51. The van der Waals surface area contributed by atoms with Crippen LogP contribution >= 0.6 is 11.6 Å². The topological polar surface area (TPSA) is 96.0 Å². The minimum Gasteiger partial charge on any atom is -0.497 e. The van der Waals surface area contributed by atoms with E-state index in [-0.39, 0.29) is 29.0 Å². The first-order valence-corrected chi connectivity index (χ1v) is 14.8. The van der Waals surface area contributed by atoms with Crippen LogP contribution in [0.1, 0.15) is 31.9 Å². The van der Waals surface area contributed by atoms with E-state index in [1.54, 1.807) is 25.1 Å². The summed E-state index contributed by atoms with van der Waals surface area (Å²) in [5.41, 5.74) is 2.10. The van der Waals surface area contributed by atoms with Gasteiger partial charge in [0.1, 0.15) is 18.3 Å². The molecule has 40 heavy (non-hydrogen) atoms. The van der Waals surface area contributed by atoms with Crippen molar-refractivity contribution in [3.05, 3.63) is 88.9 Å². The highest BCUT2D eigenvalue weighted by Gasteiger charge is 2.32. The number of carbonyl (C=O) groups excluding carboxylic acids is 2. The number of sulfonamides is 1. The van der Waals surface area contributed by atoms with Crippen LogP contribution in [0.2, 0.25) is 5.02 Å². The van der Waals surface area contributed by atoms with Gasteiger partial charge in [0.25, 0.3) is 10.0 Å². The number of hydrogen-bond donors (Lipinski definition) is 1. The molecule has 8 nitrogen and oxygen atoms in total. The molecule has 0 fully saturated rings. The fourth-order valence-corrected chi connectivity index (χ4v) is 5.55. The molecule has 214 valence electrons. The number of ether oxygens (including phenoxy) is 1. The number of rotatable bonds is 12. The van der Waals surface area contributed by atoms with Crippen LogP contribution in [0.25, 0.3) is 0 Å². The van der Waals surface area contributed by atoms with Crippen LogP contribution in [-0.4, -0.2) is 51.4 Å². The fourth-order valence-electron chi connectivity index (χ4n) is 3.96. The van der Waals surface area contributed by atoms with Crippen molar-refractivity contribution in [1.29, 1.82) is 0 Å². The van der Waals surface area contributed by atoms with Crippen molar-refractivity contribution >= 4 is 39.1 Å². The summed E-state index contributed by atoms with van der Waals surface area (Å²) in [6.07, 6.45) is 0. The summed E-state index contributed by atoms with van der Waals surface area (Å²) < 4.78 is 33.9. The van der Waals surface area contributed by atoms with Gasteiger partial charge in [-0.05, 0) is 67.8 Å². The van der Waals surface area contributed by atoms with E-state index in [1.165, 1.54) is 42.3 Å². The number of nitrogens with one attached hydrogen (secondary N) is 1. The molecule has 3 aromatic rings. The van der Waals surface area contributed by atoms with E-state index in [2.05, 4.69) is 5.32 Å². The van der Waals surface area contributed by atoms with Gasteiger partial charge in [-0.1, -0.05) is 61.3 Å². The minimum absolute atomic E-state index is 0.0196. The molecule has 0 aliphatic heterocycles. The van der Waals surface area contributed by atoms with E-state index < -0.39 is 28.5 Å². The van der Waals surface area contributed by atoms with Gasteiger partial charge < -0.3 is 15.0 Å². The second-order valence-corrected chi connectivity index (χ2v) is 12.3. The van der Waals surface area contributed by atoms with Crippen LogP contribution in [0, 0.1) is 12.8 Å². The molecule has 0 aliphatic carbocycles. The van der Waals surface area contributed by atoms with Gasteiger partial charge in [0.2, 0.25) is 11.8 Å². The van der Waals surface area contributed by atoms with E-state index in [0.717, 1.165) is 15.4 Å². The highest BCUT2D eigenvalue weighted by atomic mass is 35.5. The molecular weight excluding hydrogens is 550 g/mol. The average Bonchev–Trinajstić information content (AvgIpc) is 2.93. The van der Waals surface area contributed by atoms with Crippen molar-refractivity contribution in [3.63, 3.8) is 0 Å². The van der Waals surface area contributed by atoms with E-state index in [0.29, 0.717) is 17.3 Å². The lowest BCUT2D eigenvalue weighted by molar-refractivity contribution is -0.139. The van der Waals surface area contributed by atoms with Crippen molar-refractivity contribution in [2.24, 2.45) is 5.92 Å². The molecule has 0 unspecified atom stereocenters. The second-order valence-electron chi connectivity index (χ2n) is 9.99. The predicted molar refractivity (Wildman–Crippen MR) is 158 cm³/mol. The number of amides is 2. The summed E-state index contributed by atoms with van der Waals surface area (Å²) in [6, 6.07) is 19.0. The maximum absolute atomic E-state index is 13.9. The molecule has 0 spiro atoms. The van der Waals surface area contributed by atoms with E-state index >= 15 is 0 Å².